The maximum atomic E-state index is 12.4. The van der Waals surface area contributed by atoms with Gasteiger partial charge in [-0.2, -0.15) is 0 Å². The van der Waals surface area contributed by atoms with Crippen LogP contribution in [-0.2, 0) is 9.59 Å². The predicted octanol–water partition coefficient (Wildman–Crippen LogP) is 2.38. The molecule has 3 rings (SSSR count). The van der Waals surface area contributed by atoms with Gasteiger partial charge in [-0.1, -0.05) is 24.3 Å². The lowest BCUT2D eigenvalue weighted by atomic mass is 10.1. The van der Waals surface area contributed by atoms with Crippen LogP contribution in [0.25, 0.3) is 0 Å². The fourth-order valence-electron chi connectivity index (χ4n) is 2.71. The Kier molecular flexibility index (Phi) is 4.29. The summed E-state index contributed by atoms with van der Waals surface area (Å²) in [6.07, 6.45) is 0.138. The molecule has 1 atom stereocenters. The van der Waals surface area contributed by atoms with Gasteiger partial charge in [-0.15, -0.1) is 0 Å². The normalized spacial score (nSPS) is 16.9. The molecule has 0 aliphatic carbocycles. The number of carbonyl (C=O) groups excluding carboxylic acids is 2. The topological polar surface area (TPSA) is 86.7 Å². The fourth-order valence-corrected chi connectivity index (χ4v) is 2.71. The van der Waals surface area contributed by atoms with E-state index in [9.17, 15) is 14.4 Å². The molecule has 1 aliphatic heterocycles. The number of para-hydroxylation sites is 1. The predicted molar refractivity (Wildman–Crippen MR) is 88.9 cm³/mol. The molecule has 2 amide bonds. The summed E-state index contributed by atoms with van der Waals surface area (Å²) in [5, 5.41) is 11.7. The zero-order chi connectivity index (χ0) is 17.1. The van der Waals surface area contributed by atoms with Gasteiger partial charge in [-0.3, -0.25) is 9.59 Å². The van der Waals surface area contributed by atoms with Gasteiger partial charge in [-0.05, 0) is 30.3 Å². The number of nitrogens with zero attached hydrogens (tertiary/aromatic N) is 1. The largest absolute Gasteiger partial charge is 0.478 e. The van der Waals surface area contributed by atoms with Crippen molar-refractivity contribution in [3.8, 4) is 0 Å². The van der Waals surface area contributed by atoms with Gasteiger partial charge < -0.3 is 15.3 Å². The van der Waals surface area contributed by atoms with Gasteiger partial charge in [0.05, 0.1) is 11.5 Å². The van der Waals surface area contributed by atoms with E-state index in [1.54, 1.807) is 17.0 Å². The number of carboxylic acid groups (broad SMARTS) is 1. The summed E-state index contributed by atoms with van der Waals surface area (Å²) in [4.78, 5) is 37.1. The molecule has 6 nitrogen and oxygen atoms in total. The Morgan fingerprint density at radius 2 is 1.83 bits per heavy atom. The number of hydrogen-bond donors (Lipinski definition) is 2. The standard InChI is InChI=1S/C18H16N2O4/c21-16-10-13(11-20(16)15-7-2-1-3-8-15)17(22)19-14-6-4-5-12(9-14)18(23)24/h1-9,13H,10-11H2,(H,19,22)(H,23,24)/t13-/m1/s1. The number of carboxylic acids is 1. The quantitative estimate of drug-likeness (QED) is 0.904. The van der Waals surface area contributed by atoms with Crippen LogP contribution in [0.4, 0.5) is 11.4 Å². The monoisotopic (exact) mass is 324 g/mol. The van der Waals surface area contributed by atoms with Gasteiger partial charge in [0.1, 0.15) is 0 Å². The highest BCUT2D eigenvalue weighted by Gasteiger charge is 2.35. The smallest absolute Gasteiger partial charge is 0.335 e. The highest BCUT2D eigenvalue weighted by molar-refractivity contribution is 6.03. The van der Waals surface area contributed by atoms with Crippen molar-refractivity contribution < 1.29 is 19.5 Å². The Labute approximate surface area is 138 Å². The summed E-state index contributed by atoms with van der Waals surface area (Å²) in [5.41, 5.74) is 1.28. The molecule has 1 saturated heterocycles. The van der Waals surface area contributed by atoms with Crippen LogP contribution >= 0.6 is 0 Å². The molecule has 0 bridgehead atoms. The number of hydrogen-bond acceptors (Lipinski definition) is 3. The lowest BCUT2D eigenvalue weighted by Gasteiger charge is -2.16. The summed E-state index contributed by atoms with van der Waals surface area (Å²) < 4.78 is 0. The van der Waals surface area contributed by atoms with Gasteiger partial charge in [0.15, 0.2) is 0 Å². The highest BCUT2D eigenvalue weighted by Crippen LogP contribution is 2.25. The van der Waals surface area contributed by atoms with Crippen LogP contribution in [0, 0.1) is 5.92 Å². The SMILES string of the molecule is O=C(O)c1cccc(NC(=O)[C@@H]2CC(=O)N(c3ccccc3)C2)c1. The maximum absolute atomic E-state index is 12.4. The number of nitrogens with one attached hydrogen (secondary N) is 1. The molecule has 0 saturated carbocycles. The molecular weight excluding hydrogens is 308 g/mol. The first-order valence-corrected chi connectivity index (χ1v) is 7.54. The van der Waals surface area contributed by atoms with E-state index in [2.05, 4.69) is 5.32 Å². The van der Waals surface area contributed by atoms with E-state index in [0.717, 1.165) is 5.69 Å². The number of anilines is 2. The third-order valence-corrected chi connectivity index (χ3v) is 3.94. The van der Waals surface area contributed by atoms with Crippen molar-refractivity contribution in [2.24, 2.45) is 5.92 Å². The van der Waals surface area contributed by atoms with Crippen LogP contribution in [0.5, 0.6) is 0 Å². The summed E-state index contributed by atoms with van der Waals surface area (Å²) in [7, 11) is 0. The molecule has 0 unspecified atom stereocenters. The minimum atomic E-state index is -1.06. The van der Waals surface area contributed by atoms with Gasteiger partial charge in [0.25, 0.3) is 0 Å². The van der Waals surface area contributed by atoms with Gasteiger partial charge >= 0.3 is 5.97 Å². The van der Waals surface area contributed by atoms with Crippen molar-refractivity contribution in [3.63, 3.8) is 0 Å². The summed E-state index contributed by atoms with van der Waals surface area (Å²) in [6, 6.07) is 15.2. The molecular formula is C18H16N2O4. The molecule has 122 valence electrons. The van der Waals surface area contributed by atoms with Crippen LogP contribution in [0.2, 0.25) is 0 Å². The number of amides is 2. The lowest BCUT2D eigenvalue weighted by Crippen LogP contribution is -2.28. The highest BCUT2D eigenvalue weighted by atomic mass is 16.4. The van der Waals surface area contributed by atoms with Crippen LogP contribution in [0.1, 0.15) is 16.8 Å². The number of carbonyl (C=O) groups is 3. The minimum absolute atomic E-state index is 0.0966. The van der Waals surface area contributed by atoms with Crippen LogP contribution < -0.4 is 10.2 Å². The second-order valence-electron chi connectivity index (χ2n) is 5.62. The number of rotatable bonds is 4. The Morgan fingerprint density at radius 3 is 2.54 bits per heavy atom. The number of aromatic carboxylic acids is 1. The summed E-state index contributed by atoms with van der Waals surface area (Å²) in [5.74, 6) is -1.91. The molecule has 0 radical (unpaired) electrons. The maximum Gasteiger partial charge on any atom is 0.335 e. The zero-order valence-electron chi connectivity index (χ0n) is 12.8. The molecule has 1 fully saturated rings. The van der Waals surface area contributed by atoms with Crippen molar-refractivity contribution in [2.45, 2.75) is 6.42 Å². The minimum Gasteiger partial charge on any atom is -0.478 e. The third-order valence-electron chi connectivity index (χ3n) is 3.94. The first kappa shape index (κ1) is 15.7. The van der Waals surface area contributed by atoms with E-state index in [0.29, 0.717) is 12.2 Å². The Bertz CT molecular complexity index is 789. The fraction of sp³-hybridized carbons (Fsp3) is 0.167. The van der Waals surface area contributed by atoms with Gasteiger partial charge in [0.2, 0.25) is 11.8 Å². The summed E-state index contributed by atoms with van der Waals surface area (Å²) >= 11 is 0. The van der Waals surface area contributed by atoms with E-state index in [1.165, 1.54) is 12.1 Å². The van der Waals surface area contributed by atoms with Crippen LogP contribution in [0.15, 0.2) is 54.6 Å². The van der Waals surface area contributed by atoms with Gasteiger partial charge in [0, 0.05) is 24.3 Å². The molecule has 0 aromatic heterocycles. The van der Waals surface area contributed by atoms with Crippen molar-refractivity contribution in [2.75, 3.05) is 16.8 Å². The van der Waals surface area contributed by atoms with Crippen molar-refractivity contribution >= 4 is 29.2 Å². The molecule has 2 aromatic carbocycles. The zero-order valence-corrected chi connectivity index (χ0v) is 12.8. The lowest BCUT2D eigenvalue weighted by molar-refractivity contribution is -0.122. The van der Waals surface area contributed by atoms with Gasteiger partial charge in [-0.25, -0.2) is 4.79 Å². The van der Waals surface area contributed by atoms with E-state index in [-0.39, 0.29) is 23.8 Å². The van der Waals surface area contributed by atoms with Crippen molar-refractivity contribution in [1.29, 1.82) is 0 Å². The summed E-state index contributed by atoms with van der Waals surface area (Å²) in [6.45, 7) is 0.313. The molecule has 24 heavy (non-hydrogen) atoms. The molecule has 2 aromatic rings. The number of benzene rings is 2. The third kappa shape index (κ3) is 3.27. The molecule has 2 N–H and O–H groups in total. The first-order chi connectivity index (χ1) is 11.5. The second kappa shape index (κ2) is 6.54. The first-order valence-electron chi connectivity index (χ1n) is 7.54. The molecule has 0 spiro atoms. The molecule has 1 heterocycles. The Hall–Kier alpha value is -3.15. The van der Waals surface area contributed by atoms with Crippen LogP contribution in [-0.4, -0.2) is 29.4 Å². The van der Waals surface area contributed by atoms with E-state index < -0.39 is 11.9 Å². The molecule has 6 heteroatoms. The Morgan fingerprint density at radius 1 is 1.08 bits per heavy atom. The second-order valence-corrected chi connectivity index (χ2v) is 5.62. The average Bonchev–Trinajstić information content (AvgIpc) is 2.98. The molecule has 1 aliphatic rings. The van der Waals surface area contributed by atoms with E-state index >= 15 is 0 Å². The van der Waals surface area contributed by atoms with E-state index in [4.69, 9.17) is 5.11 Å². The average molecular weight is 324 g/mol. The van der Waals surface area contributed by atoms with Crippen LogP contribution in [0.3, 0.4) is 0 Å². The van der Waals surface area contributed by atoms with Crippen molar-refractivity contribution in [3.05, 3.63) is 60.2 Å². The Balaban J connectivity index is 1.69. The van der Waals surface area contributed by atoms with Crippen molar-refractivity contribution in [1.82, 2.24) is 0 Å². The van der Waals surface area contributed by atoms with E-state index in [1.807, 2.05) is 30.3 Å².